The minimum absolute atomic E-state index is 0.365. The second-order valence-electron chi connectivity index (χ2n) is 3.84. The van der Waals surface area contributed by atoms with Crippen LogP contribution < -0.4 is 0 Å². The van der Waals surface area contributed by atoms with Gasteiger partial charge in [-0.05, 0) is 6.42 Å². The van der Waals surface area contributed by atoms with Crippen LogP contribution in [0.4, 0.5) is 0 Å². The molecule has 1 aliphatic rings. The lowest BCUT2D eigenvalue weighted by molar-refractivity contribution is -0.116. The summed E-state index contributed by atoms with van der Waals surface area (Å²) >= 11 is 0. The fraction of sp³-hybridized carbons (Fsp3) is 0.667. The van der Waals surface area contributed by atoms with E-state index in [1.807, 2.05) is 13.2 Å². The van der Waals surface area contributed by atoms with Crippen molar-refractivity contribution in [3.05, 3.63) is 11.9 Å². The summed E-state index contributed by atoms with van der Waals surface area (Å²) in [5.41, 5.74) is 0.487. The quantitative estimate of drug-likeness (QED) is 0.635. The van der Waals surface area contributed by atoms with Gasteiger partial charge in [0.15, 0.2) is 0 Å². The third-order valence-electron chi connectivity index (χ3n) is 2.57. The Morgan fingerprint density at radius 2 is 2.64 bits per heavy atom. The van der Waals surface area contributed by atoms with Crippen molar-refractivity contribution in [3.8, 4) is 0 Å². The molecule has 5 heteroatoms. The van der Waals surface area contributed by atoms with E-state index in [2.05, 4.69) is 10.3 Å². The number of carbonyl (C=O) groups excluding carboxylic acids is 1. The molecule has 14 heavy (non-hydrogen) atoms. The molecule has 1 unspecified atom stereocenters. The Kier molecular flexibility index (Phi) is 2.33. The number of nitrogens with zero attached hydrogens (tertiary/aromatic N) is 3. The van der Waals surface area contributed by atoms with Crippen molar-refractivity contribution in [2.75, 3.05) is 13.2 Å². The van der Waals surface area contributed by atoms with Gasteiger partial charge in [0.1, 0.15) is 6.29 Å². The van der Waals surface area contributed by atoms with E-state index in [4.69, 9.17) is 4.74 Å². The number of carbonyl (C=O) groups is 1. The molecule has 2 heterocycles. The van der Waals surface area contributed by atoms with Crippen molar-refractivity contribution in [3.63, 3.8) is 0 Å². The van der Waals surface area contributed by atoms with Gasteiger partial charge in [0.2, 0.25) is 0 Å². The standard InChI is InChI=1S/C9H13N3O2/c1-12-5-8(10-11-12)4-9(6-13)2-3-14-7-9/h5-6H,2-4,7H2,1H3. The second kappa shape index (κ2) is 3.49. The van der Waals surface area contributed by atoms with Crippen molar-refractivity contribution >= 4 is 6.29 Å². The second-order valence-corrected chi connectivity index (χ2v) is 3.84. The minimum Gasteiger partial charge on any atom is -0.380 e. The zero-order valence-corrected chi connectivity index (χ0v) is 8.14. The van der Waals surface area contributed by atoms with E-state index in [-0.39, 0.29) is 5.41 Å². The van der Waals surface area contributed by atoms with Crippen LogP contribution in [-0.4, -0.2) is 34.5 Å². The van der Waals surface area contributed by atoms with E-state index in [0.29, 0.717) is 19.6 Å². The van der Waals surface area contributed by atoms with Gasteiger partial charge in [-0.2, -0.15) is 0 Å². The first-order valence-corrected chi connectivity index (χ1v) is 4.63. The zero-order valence-electron chi connectivity index (χ0n) is 8.14. The summed E-state index contributed by atoms with van der Waals surface area (Å²) in [4.78, 5) is 11.0. The van der Waals surface area contributed by atoms with Crippen LogP contribution in [0.3, 0.4) is 0 Å². The van der Waals surface area contributed by atoms with E-state index >= 15 is 0 Å². The van der Waals surface area contributed by atoms with Crippen LogP contribution in [-0.2, 0) is 23.0 Å². The van der Waals surface area contributed by atoms with Crippen molar-refractivity contribution in [1.29, 1.82) is 0 Å². The lowest BCUT2D eigenvalue weighted by atomic mass is 9.84. The molecule has 1 aliphatic heterocycles. The molecule has 0 amide bonds. The van der Waals surface area contributed by atoms with Crippen molar-refractivity contribution in [1.82, 2.24) is 15.0 Å². The van der Waals surface area contributed by atoms with Crippen LogP contribution >= 0.6 is 0 Å². The summed E-state index contributed by atoms with van der Waals surface area (Å²) in [5, 5.41) is 7.80. The van der Waals surface area contributed by atoms with Crippen LogP contribution in [0.15, 0.2) is 6.20 Å². The Morgan fingerprint density at radius 1 is 1.79 bits per heavy atom. The minimum atomic E-state index is -0.365. The van der Waals surface area contributed by atoms with Crippen LogP contribution in [0, 0.1) is 5.41 Å². The first-order valence-electron chi connectivity index (χ1n) is 4.63. The maximum atomic E-state index is 11.0. The molecule has 1 aromatic heterocycles. The normalized spacial score (nSPS) is 26.6. The van der Waals surface area contributed by atoms with Gasteiger partial charge in [-0.15, -0.1) is 5.10 Å². The summed E-state index contributed by atoms with van der Waals surface area (Å²) in [6, 6.07) is 0. The maximum absolute atomic E-state index is 11.0. The molecular weight excluding hydrogens is 182 g/mol. The highest BCUT2D eigenvalue weighted by atomic mass is 16.5. The molecule has 0 aromatic carbocycles. The Hall–Kier alpha value is -1.23. The Balaban J connectivity index is 2.11. The van der Waals surface area contributed by atoms with Gasteiger partial charge >= 0.3 is 0 Å². The summed E-state index contributed by atoms with van der Waals surface area (Å²) in [5.74, 6) is 0. The molecule has 0 radical (unpaired) electrons. The monoisotopic (exact) mass is 195 g/mol. The number of aldehydes is 1. The Morgan fingerprint density at radius 3 is 3.14 bits per heavy atom. The molecule has 1 aromatic rings. The smallest absolute Gasteiger partial charge is 0.128 e. The zero-order chi connectivity index (χ0) is 10.0. The van der Waals surface area contributed by atoms with Crippen molar-refractivity contribution in [2.45, 2.75) is 12.8 Å². The van der Waals surface area contributed by atoms with Crippen LogP contribution in [0.25, 0.3) is 0 Å². The van der Waals surface area contributed by atoms with Crippen LogP contribution in [0.5, 0.6) is 0 Å². The summed E-state index contributed by atoms with van der Waals surface area (Å²) in [6.07, 6.45) is 4.25. The summed E-state index contributed by atoms with van der Waals surface area (Å²) in [6.45, 7) is 1.17. The lowest BCUT2D eigenvalue weighted by Gasteiger charge is -2.17. The molecule has 2 rings (SSSR count). The van der Waals surface area contributed by atoms with E-state index in [9.17, 15) is 4.79 Å². The van der Waals surface area contributed by atoms with Gasteiger partial charge in [-0.1, -0.05) is 5.21 Å². The molecule has 0 saturated carbocycles. The first kappa shape index (κ1) is 9.33. The van der Waals surface area contributed by atoms with Crippen LogP contribution in [0.1, 0.15) is 12.1 Å². The predicted octanol–water partition coefficient (Wildman–Crippen LogP) is -0.0368. The predicted molar refractivity (Wildman–Crippen MR) is 48.6 cm³/mol. The number of hydrogen-bond donors (Lipinski definition) is 0. The average molecular weight is 195 g/mol. The highest BCUT2D eigenvalue weighted by Crippen LogP contribution is 2.29. The van der Waals surface area contributed by atoms with E-state index in [1.54, 1.807) is 4.68 Å². The number of ether oxygens (including phenoxy) is 1. The Labute approximate surface area is 82.1 Å². The average Bonchev–Trinajstić information content (AvgIpc) is 2.77. The maximum Gasteiger partial charge on any atom is 0.128 e. The number of aromatic nitrogens is 3. The SMILES string of the molecule is Cn1cc(CC2(C=O)CCOC2)nn1. The van der Waals surface area contributed by atoms with Gasteiger partial charge < -0.3 is 9.53 Å². The number of aryl methyl sites for hydroxylation is 1. The molecule has 76 valence electrons. The lowest BCUT2D eigenvalue weighted by Crippen LogP contribution is -2.25. The van der Waals surface area contributed by atoms with Gasteiger partial charge in [0.05, 0.1) is 17.7 Å². The molecular formula is C9H13N3O2. The molecule has 0 N–H and O–H groups in total. The Bertz CT molecular complexity index is 329. The summed E-state index contributed by atoms with van der Waals surface area (Å²) < 4.78 is 6.89. The van der Waals surface area contributed by atoms with Gasteiger partial charge in [-0.3, -0.25) is 4.68 Å². The third kappa shape index (κ3) is 1.68. The van der Waals surface area contributed by atoms with Crippen molar-refractivity contribution in [2.24, 2.45) is 12.5 Å². The molecule has 1 fully saturated rings. The van der Waals surface area contributed by atoms with Crippen molar-refractivity contribution < 1.29 is 9.53 Å². The number of rotatable bonds is 3. The molecule has 0 bridgehead atoms. The van der Waals surface area contributed by atoms with E-state index in [1.165, 1.54) is 0 Å². The highest BCUT2D eigenvalue weighted by Gasteiger charge is 2.35. The van der Waals surface area contributed by atoms with Gasteiger partial charge in [0.25, 0.3) is 0 Å². The first-order chi connectivity index (χ1) is 6.74. The molecule has 0 spiro atoms. The molecule has 0 aliphatic carbocycles. The van der Waals surface area contributed by atoms with Gasteiger partial charge in [0, 0.05) is 26.3 Å². The summed E-state index contributed by atoms with van der Waals surface area (Å²) in [7, 11) is 1.81. The molecule has 5 nitrogen and oxygen atoms in total. The van der Waals surface area contributed by atoms with E-state index in [0.717, 1.165) is 18.4 Å². The highest BCUT2D eigenvalue weighted by molar-refractivity contribution is 5.60. The van der Waals surface area contributed by atoms with Gasteiger partial charge in [-0.25, -0.2) is 0 Å². The molecule has 1 atom stereocenters. The topological polar surface area (TPSA) is 57.0 Å². The fourth-order valence-corrected chi connectivity index (χ4v) is 1.73. The van der Waals surface area contributed by atoms with E-state index < -0.39 is 0 Å². The number of hydrogen-bond acceptors (Lipinski definition) is 4. The fourth-order valence-electron chi connectivity index (χ4n) is 1.73. The molecule has 1 saturated heterocycles. The third-order valence-corrected chi connectivity index (χ3v) is 2.57. The largest absolute Gasteiger partial charge is 0.380 e. The van der Waals surface area contributed by atoms with Crippen LogP contribution in [0.2, 0.25) is 0 Å².